The minimum Gasteiger partial charge on any atom is -0.457 e. The van der Waals surface area contributed by atoms with E-state index in [0.29, 0.717) is 39.5 Å². The molecule has 9 rings (SSSR count). The molecule has 0 unspecified atom stereocenters. The average Bonchev–Trinajstić information content (AvgIpc) is 4.17. The molecule has 332 valence electrons. The van der Waals surface area contributed by atoms with Gasteiger partial charge in [-0.25, -0.2) is 0 Å². The molecule has 9 aromatic rings. The summed E-state index contributed by atoms with van der Waals surface area (Å²) in [7, 11) is 0. The lowest BCUT2D eigenvalue weighted by Crippen LogP contribution is -2.46. The van der Waals surface area contributed by atoms with Crippen molar-refractivity contribution in [2.75, 3.05) is 32.9 Å². The minimum atomic E-state index is -0.151. The zero-order valence-corrected chi connectivity index (χ0v) is 39.6. The molecule has 0 saturated heterocycles. The van der Waals surface area contributed by atoms with E-state index in [-0.39, 0.29) is 20.7 Å². The maximum atomic E-state index is 6.29. The molecule has 6 aromatic carbocycles. The van der Waals surface area contributed by atoms with Gasteiger partial charge in [0.1, 0.15) is 11.5 Å². The van der Waals surface area contributed by atoms with E-state index in [1.807, 2.05) is 90.2 Å². The Morgan fingerprint density at radius 1 is 0.455 bits per heavy atom. The molecule has 13 heteroatoms. The lowest BCUT2D eigenvalue weighted by Gasteiger charge is -2.16. The highest BCUT2D eigenvalue weighted by atomic mass is 32.1. The van der Waals surface area contributed by atoms with Crippen LogP contribution in [0.2, 0.25) is 0 Å². The summed E-state index contributed by atoms with van der Waals surface area (Å²) >= 11 is 5.24. The Labute approximate surface area is 401 Å². The quantitative estimate of drug-likeness (QED) is 0.0705. The van der Waals surface area contributed by atoms with Crippen LogP contribution >= 0.6 is 34.0 Å². The first kappa shape index (κ1) is 47.2. The Hall–Kier alpha value is -5.31. The number of para-hydroxylation sites is 1. The molecule has 3 heterocycles. The number of ether oxygens (including phenoxy) is 2. The third kappa shape index (κ3) is 12.6. The van der Waals surface area contributed by atoms with Crippen LogP contribution in [0.25, 0.3) is 20.2 Å². The average molecular weight is 927 g/mol. The molecule has 0 aliphatic rings. The second-order valence-corrected chi connectivity index (χ2v) is 18.4. The maximum Gasteiger partial charge on any atom is 0.362 e. The van der Waals surface area contributed by atoms with E-state index < -0.39 is 0 Å². The van der Waals surface area contributed by atoms with Gasteiger partial charge in [-0.1, -0.05) is 128 Å². The lowest BCUT2D eigenvalue weighted by molar-refractivity contribution is 0.107. The van der Waals surface area contributed by atoms with Crippen LogP contribution in [0.4, 0.5) is 0 Å². The molecule has 7 nitrogen and oxygen atoms in total. The van der Waals surface area contributed by atoms with Crippen molar-refractivity contribution in [2.45, 2.75) is 26.6 Å². The van der Waals surface area contributed by atoms with Gasteiger partial charge in [0.15, 0.2) is 0 Å². The van der Waals surface area contributed by atoms with Gasteiger partial charge in [-0.2, -0.15) is 22.7 Å². The molecular formula is C53H53B3N2O5S3. The van der Waals surface area contributed by atoms with Gasteiger partial charge >= 0.3 is 20.7 Å². The smallest absolute Gasteiger partial charge is 0.362 e. The number of hydrogen-bond acceptors (Lipinski definition) is 10. The number of benzene rings is 6. The molecule has 0 fully saturated rings. The zero-order chi connectivity index (χ0) is 45.3. The third-order valence-electron chi connectivity index (χ3n) is 10.9. The Morgan fingerprint density at radius 2 is 0.955 bits per heavy atom. The molecule has 0 aliphatic heterocycles. The summed E-state index contributed by atoms with van der Waals surface area (Å²) in [6.45, 7) is 5.64. The van der Waals surface area contributed by atoms with Crippen LogP contribution in [0.5, 0.6) is 11.5 Å². The van der Waals surface area contributed by atoms with Crippen molar-refractivity contribution in [3.8, 4) is 11.5 Å². The highest BCUT2D eigenvalue weighted by Gasteiger charge is 2.25. The van der Waals surface area contributed by atoms with Crippen LogP contribution in [0, 0.1) is 0 Å². The van der Waals surface area contributed by atoms with Crippen LogP contribution < -0.4 is 49.0 Å². The summed E-state index contributed by atoms with van der Waals surface area (Å²) in [6.07, 6.45) is 1.00. The molecule has 0 atom stereocenters. The molecule has 4 N–H and O–H groups in total. The van der Waals surface area contributed by atoms with Crippen LogP contribution in [-0.4, -0.2) is 53.7 Å². The highest BCUT2D eigenvalue weighted by molar-refractivity contribution is 7.26. The summed E-state index contributed by atoms with van der Waals surface area (Å²) in [6, 6.07) is 54.1. The van der Waals surface area contributed by atoms with Gasteiger partial charge in [0.25, 0.3) is 0 Å². The number of rotatable bonds is 21. The van der Waals surface area contributed by atoms with Gasteiger partial charge in [0, 0.05) is 42.3 Å². The second kappa shape index (κ2) is 24.5. The Balaban J connectivity index is 0.000000179. The van der Waals surface area contributed by atoms with Crippen molar-refractivity contribution in [2.24, 2.45) is 11.5 Å². The Bertz CT molecular complexity index is 2730. The van der Waals surface area contributed by atoms with Crippen LogP contribution in [0.3, 0.4) is 0 Å². The minimum absolute atomic E-state index is 0.0369. The van der Waals surface area contributed by atoms with E-state index in [4.69, 9.17) is 34.9 Å². The van der Waals surface area contributed by atoms with Gasteiger partial charge in [-0.05, 0) is 119 Å². The van der Waals surface area contributed by atoms with Gasteiger partial charge in [-0.3, -0.25) is 0 Å². The molecular weight excluding hydrogens is 873 g/mol. The number of nitrogens with two attached hydrogens (primary N) is 2. The standard InChI is InChI=1S/C28H28BNO3.C25H25B2NO2S3/c30-17-18-32-29(25-11-3-1-4-12-25)26-13-7-9-23(19-26)21-31-22-24-10-8-16-28(20-24)33-27-14-5-2-6-15-27;1-2-10-29-26(20-7-12-31-16-20)18-3-5-24-22(14-18)23-15-19(4-6-25(23)33-24)27(30-11-9-28)21-8-13-32-17-21/h1-16,19-20H,17-18,21-22,30H2;3-8,12-17H,2,9-11,28H2,1H3. The summed E-state index contributed by atoms with van der Waals surface area (Å²) in [4.78, 5) is 0. The summed E-state index contributed by atoms with van der Waals surface area (Å²) < 4.78 is 33.1. The highest BCUT2D eigenvalue weighted by Crippen LogP contribution is 2.33. The van der Waals surface area contributed by atoms with E-state index >= 15 is 0 Å². The summed E-state index contributed by atoms with van der Waals surface area (Å²) in [5.41, 5.74) is 20.6. The molecule has 0 bridgehead atoms. The second-order valence-electron chi connectivity index (χ2n) is 15.8. The van der Waals surface area contributed by atoms with Crippen LogP contribution in [-0.2, 0) is 31.9 Å². The third-order valence-corrected chi connectivity index (χ3v) is 13.4. The van der Waals surface area contributed by atoms with E-state index in [2.05, 4.69) is 107 Å². The fourth-order valence-corrected chi connectivity index (χ4v) is 10.2. The number of fused-ring (bicyclic) bond motifs is 3. The van der Waals surface area contributed by atoms with Gasteiger partial charge in [0.05, 0.1) is 13.2 Å². The van der Waals surface area contributed by atoms with Crippen molar-refractivity contribution in [1.82, 2.24) is 0 Å². The summed E-state index contributed by atoms with van der Waals surface area (Å²) in [5.74, 6) is 1.62. The molecule has 0 radical (unpaired) electrons. The first-order valence-corrected chi connectivity index (χ1v) is 25.1. The van der Waals surface area contributed by atoms with Gasteiger partial charge in [0.2, 0.25) is 0 Å². The predicted molar refractivity (Wildman–Crippen MR) is 284 cm³/mol. The lowest BCUT2D eigenvalue weighted by atomic mass is 9.55. The maximum absolute atomic E-state index is 6.29. The molecule has 66 heavy (non-hydrogen) atoms. The van der Waals surface area contributed by atoms with Gasteiger partial charge < -0.3 is 34.9 Å². The van der Waals surface area contributed by atoms with E-state index in [0.717, 1.165) is 52.0 Å². The fraction of sp³-hybridized carbons (Fsp3) is 0.170. The molecule has 0 spiro atoms. The Morgan fingerprint density at radius 3 is 1.52 bits per heavy atom. The first-order valence-electron chi connectivity index (χ1n) is 22.4. The largest absolute Gasteiger partial charge is 0.457 e. The van der Waals surface area contributed by atoms with E-state index in [1.54, 1.807) is 22.7 Å². The molecule has 0 saturated carbocycles. The number of hydrogen-bond donors (Lipinski definition) is 2. The topological polar surface area (TPSA) is 98.2 Å². The van der Waals surface area contributed by atoms with Crippen LogP contribution in [0.1, 0.15) is 24.5 Å². The molecule has 3 aromatic heterocycles. The predicted octanol–water partition coefficient (Wildman–Crippen LogP) is 8.07. The van der Waals surface area contributed by atoms with Crippen molar-refractivity contribution in [3.05, 3.63) is 190 Å². The summed E-state index contributed by atoms with van der Waals surface area (Å²) in [5, 5.41) is 11.1. The van der Waals surface area contributed by atoms with Crippen molar-refractivity contribution in [1.29, 1.82) is 0 Å². The van der Waals surface area contributed by atoms with Crippen molar-refractivity contribution >= 4 is 108 Å². The normalized spacial score (nSPS) is 11.1. The molecule has 0 aliphatic carbocycles. The van der Waals surface area contributed by atoms with Crippen molar-refractivity contribution < 1.29 is 23.4 Å². The first-order chi connectivity index (χ1) is 32.6. The van der Waals surface area contributed by atoms with E-state index in [9.17, 15) is 0 Å². The zero-order valence-electron chi connectivity index (χ0n) is 37.1. The van der Waals surface area contributed by atoms with Crippen LogP contribution in [0.15, 0.2) is 179 Å². The van der Waals surface area contributed by atoms with E-state index in [1.165, 1.54) is 36.6 Å². The SMILES string of the molecule is CCCOB(c1ccsc1)c1ccc2sc3ccc(B(OCCN)c4ccsc4)cc3c2c1.NCCOB(c1ccccc1)c1cccc(COCc2cccc(Oc3ccccc3)c2)c1. The fourth-order valence-electron chi connectivity index (χ4n) is 7.83. The number of thiophene rings is 3. The van der Waals surface area contributed by atoms with Crippen molar-refractivity contribution in [3.63, 3.8) is 0 Å². The van der Waals surface area contributed by atoms with Gasteiger partial charge in [-0.15, -0.1) is 11.3 Å². The Kier molecular flexibility index (Phi) is 17.5. The molecule has 0 amide bonds. The monoisotopic (exact) mass is 926 g/mol.